The zero-order valence-electron chi connectivity index (χ0n) is 42.9. The molecule has 6 unspecified atom stereocenters. The van der Waals surface area contributed by atoms with E-state index in [1.54, 1.807) is 14.2 Å². The number of ether oxygens (including phenoxy) is 8. The molecule has 20 heteroatoms. The van der Waals surface area contributed by atoms with Gasteiger partial charge in [-0.25, -0.2) is 9.78 Å². The van der Waals surface area contributed by atoms with Gasteiger partial charge in [-0.3, -0.25) is 9.59 Å². The molecule has 10 fully saturated rings. The maximum absolute atomic E-state index is 12.1. The van der Waals surface area contributed by atoms with Gasteiger partial charge in [0, 0.05) is 68.1 Å². The Hall–Kier alpha value is -2.40. The fourth-order valence-corrected chi connectivity index (χ4v) is 14.7. The fourth-order valence-electron chi connectivity index (χ4n) is 14.7. The van der Waals surface area contributed by atoms with Gasteiger partial charge in [-0.05, 0) is 127 Å². The first-order chi connectivity index (χ1) is 33.7. The summed E-state index contributed by atoms with van der Waals surface area (Å²) in [6.45, 7) is 5.31. The first-order valence-corrected chi connectivity index (χ1v) is 24.8. The second-order valence-electron chi connectivity index (χ2n) is 20.6. The van der Waals surface area contributed by atoms with E-state index in [1.165, 1.54) is 14.2 Å². The van der Waals surface area contributed by atoms with Gasteiger partial charge >= 0.3 is 71.1 Å². The summed E-state index contributed by atoms with van der Waals surface area (Å²) in [4.78, 5) is 70.1. The van der Waals surface area contributed by atoms with Crippen LogP contribution in [0.15, 0.2) is 48.5 Å². The van der Waals surface area contributed by atoms with E-state index in [-0.39, 0.29) is 122 Å². The van der Waals surface area contributed by atoms with Crippen molar-refractivity contribution < 1.29 is 146 Å². The van der Waals surface area contributed by atoms with E-state index in [9.17, 15) is 29.4 Å². The Labute approximate surface area is 472 Å². The summed E-state index contributed by atoms with van der Waals surface area (Å²) in [6, 6.07) is 15.6. The van der Waals surface area contributed by atoms with Crippen LogP contribution in [0.4, 0.5) is 0 Å². The molecule has 0 radical (unpaired) electrons. The first-order valence-electron chi connectivity index (χ1n) is 24.8. The van der Waals surface area contributed by atoms with Crippen LogP contribution < -0.4 is 78.8 Å². The second-order valence-corrected chi connectivity index (χ2v) is 20.6. The summed E-state index contributed by atoms with van der Waals surface area (Å²) in [7, 11) is 5.85. The largest absolute Gasteiger partial charge is 1.00 e. The van der Waals surface area contributed by atoms with Crippen LogP contribution in [0.5, 0.6) is 11.5 Å². The number of hydrogen-bond donors (Lipinski definition) is 0. The second kappa shape index (κ2) is 23.7. The van der Waals surface area contributed by atoms with Crippen molar-refractivity contribution >= 4 is 23.9 Å². The van der Waals surface area contributed by atoms with E-state index in [0.29, 0.717) is 37.9 Å². The summed E-state index contributed by atoms with van der Waals surface area (Å²) in [5, 5.41) is 22.2. The van der Waals surface area contributed by atoms with Gasteiger partial charge in [0.2, 0.25) is 0 Å². The molecule has 12 rings (SSSR count). The van der Waals surface area contributed by atoms with Gasteiger partial charge in [0.15, 0.2) is 17.1 Å². The number of benzene rings is 2. The van der Waals surface area contributed by atoms with Crippen LogP contribution in [-0.4, -0.2) is 101 Å². The number of carboxylic acids is 2. The summed E-state index contributed by atoms with van der Waals surface area (Å²) in [6.07, 6.45) is 8.88. The molecule has 6 atom stereocenters. The maximum Gasteiger partial charge on any atom is 1.00 e. The number of carbonyl (C=O) groups is 4. The van der Waals surface area contributed by atoms with Crippen LogP contribution in [0, 0.1) is 47.3 Å². The molecule has 8 saturated carbocycles. The van der Waals surface area contributed by atoms with E-state index in [4.69, 9.17) is 57.4 Å². The average Bonchev–Trinajstić information content (AvgIpc) is 3.31. The zero-order chi connectivity index (χ0) is 49.7. The van der Waals surface area contributed by atoms with Crippen molar-refractivity contribution in [2.75, 3.05) is 54.9 Å². The summed E-state index contributed by atoms with van der Waals surface area (Å²) >= 11 is 0. The Morgan fingerprint density at radius 2 is 0.945 bits per heavy atom. The van der Waals surface area contributed by atoms with E-state index >= 15 is 0 Å². The van der Waals surface area contributed by atoms with Crippen LogP contribution in [0.1, 0.15) is 109 Å². The first kappa shape index (κ1) is 59.8. The Morgan fingerprint density at radius 3 is 1.25 bits per heavy atom. The topological polar surface area (TPSA) is 225 Å². The number of carboxylic acid groups (broad SMARTS) is 2. The summed E-state index contributed by atoms with van der Waals surface area (Å²) < 4.78 is 46.0. The van der Waals surface area contributed by atoms with Crippen molar-refractivity contribution in [2.45, 2.75) is 132 Å². The van der Waals surface area contributed by atoms with E-state index in [1.807, 2.05) is 62.4 Å². The number of esters is 2. The van der Waals surface area contributed by atoms with Gasteiger partial charge in [0.25, 0.3) is 11.6 Å². The molecule has 0 N–H and O–H groups in total. The molecule has 8 aliphatic carbocycles. The minimum absolute atomic E-state index is 0. The fraction of sp³-hybridized carbons (Fsp3) is 0.698. The minimum Gasteiger partial charge on any atom is -0.549 e. The third-order valence-corrected chi connectivity index (χ3v) is 17.1. The molecule has 0 aromatic heterocycles. The van der Waals surface area contributed by atoms with Gasteiger partial charge in [0.05, 0.1) is 50.6 Å². The molecule has 73 heavy (non-hydrogen) atoms. The van der Waals surface area contributed by atoms with Crippen molar-refractivity contribution in [1.82, 2.24) is 0 Å². The van der Waals surface area contributed by atoms with Crippen LogP contribution in [0.2, 0.25) is 0 Å². The average molecular weight is 1040 g/mol. The minimum atomic E-state index is -1.68. The van der Waals surface area contributed by atoms with Crippen molar-refractivity contribution in [3.8, 4) is 11.5 Å². The third-order valence-electron chi connectivity index (χ3n) is 17.1. The van der Waals surface area contributed by atoms with Crippen molar-refractivity contribution in [3.63, 3.8) is 0 Å². The molecule has 0 amide bonds. The number of aliphatic carboxylic acids is 2. The van der Waals surface area contributed by atoms with Gasteiger partial charge in [0.1, 0.15) is 11.5 Å². The molecule has 2 heterocycles. The monoisotopic (exact) mass is 1040 g/mol. The van der Waals surface area contributed by atoms with Gasteiger partial charge < -0.3 is 57.7 Å². The normalized spacial score (nSPS) is 35.3. The van der Waals surface area contributed by atoms with Crippen LogP contribution >= 0.6 is 0 Å². The Bertz CT molecular complexity index is 2210. The predicted octanol–water partition coefficient (Wildman–Crippen LogP) is -1.14. The third kappa shape index (κ3) is 10.1. The number of rotatable bonds is 20. The number of hydrogen-bond acceptors (Lipinski definition) is 18. The Kier molecular flexibility index (Phi) is 19.4. The van der Waals surface area contributed by atoms with E-state index in [0.717, 1.165) is 74.0 Å². The van der Waals surface area contributed by atoms with E-state index in [2.05, 4.69) is 0 Å². The molecular formula is C53H70Na2O18. The quantitative estimate of drug-likeness (QED) is 0.0662. The van der Waals surface area contributed by atoms with Crippen LogP contribution in [-0.2, 0) is 78.7 Å². The maximum atomic E-state index is 12.1. The molecule has 2 aromatic carbocycles. The molecule has 2 saturated heterocycles. The Morgan fingerprint density at radius 1 is 0.575 bits per heavy atom. The molecule has 10 aliphatic rings. The van der Waals surface area contributed by atoms with Crippen molar-refractivity contribution in [2.24, 2.45) is 47.3 Å². The standard InChI is InChI=1S/C27H36O9.C25H32O9.CH4.2Na/c1-5-33-21-8-6-7-18(13-21)27(32-4)26(35-36-27)19-11-17-12-20(26)16-25(14-17,15-19)34-10-9-22(23(28)30-2)24(29)31-3;1-3-31-19-6-4-5-16(11-19)25(30-2)24(33-34-25)17-9-15-10-18(24)14-23(12-15,13-17)32-8-7-20(21(26)27)22(28)29;;;/h6-8,13,17,19-20,22H,5,9-12,14-16H2,1-4H3;4-6,11,15,17-18,20H,3,7-10,12-14H2,1-2H3,(H,26,27)(H,28,29);1H4;;/q;;;2*+1/p-2. The van der Waals surface area contributed by atoms with Gasteiger partial charge in [-0.1, -0.05) is 31.7 Å². The molecule has 2 aliphatic heterocycles. The molecule has 8 bridgehead atoms. The summed E-state index contributed by atoms with van der Waals surface area (Å²) in [5.41, 5.74) is -0.268. The predicted molar refractivity (Wildman–Crippen MR) is 244 cm³/mol. The van der Waals surface area contributed by atoms with Crippen LogP contribution in [0.3, 0.4) is 0 Å². The number of carbonyl (C=O) groups excluding carboxylic acids is 4. The summed E-state index contributed by atoms with van der Waals surface area (Å²) in [5.74, 6) is -6.14. The SMILES string of the molecule is C.CCOc1cccc(C2(OC)OOC23C2CC4CC3CC(OCCC(C(=O)OC)C(=O)OC)(C4)C2)c1.CCOc1cccc(C2(OC)OOC23C2CC4CC3CC(OCCC(C(=O)[O-])C(=O)[O-])(C4)C2)c1.[Na+].[Na+]. The van der Waals surface area contributed by atoms with Gasteiger partial charge in [-0.2, -0.15) is 9.78 Å². The zero-order valence-corrected chi connectivity index (χ0v) is 46.9. The smallest absolute Gasteiger partial charge is 0.549 e. The van der Waals surface area contributed by atoms with Crippen molar-refractivity contribution in [1.29, 1.82) is 0 Å². The van der Waals surface area contributed by atoms with Crippen molar-refractivity contribution in [3.05, 3.63) is 59.7 Å². The van der Waals surface area contributed by atoms with Crippen LogP contribution in [0.25, 0.3) is 0 Å². The Balaban J connectivity index is 0.000000229. The van der Waals surface area contributed by atoms with Gasteiger partial charge in [-0.15, -0.1) is 0 Å². The molecule has 2 aromatic rings. The number of methoxy groups -OCH3 is 4. The molecule has 2 spiro atoms. The van der Waals surface area contributed by atoms with E-state index < -0.39 is 64.1 Å². The molecule has 18 nitrogen and oxygen atoms in total. The molecule has 392 valence electrons. The molecular weight excluding hydrogens is 971 g/mol.